The summed E-state index contributed by atoms with van der Waals surface area (Å²) in [5.41, 5.74) is 0.911. The summed E-state index contributed by atoms with van der Waals surface area (Å²) >= 11 is 0. The molecule has 2 N–H and O–H groups in total. The molecule has 1 fully saturated rings. The minimum Gasteiger partial charge on any atom is -0.466 e. The van der Waals surface area contributed by atoms with Gasteiger partial charge in [0.2, 0.25) is 5.95 Å². The zero-order chi connectivity index (χ0) is 23.9. The number of benzene rings is 1. The minimum atomic E-state index is -0.282. The zero-order valence-corrected chi connectivity index (χ0v) is 19.2. The quantitative estimate of drug-likeness (QED) is 0.476. The Balaban J connectivity index is 1.54. The number of hydrogen-bond donors (Lipinski definition) is 2. The van der Waals surface area contributed by atoms with E-state index in [-0.39, 0.29) is 23.7 Å². The van der Waals surface area contributed by atoms with Crippen molar-refractivity contribution in [2.24, 2.45) is 5.92 Å². The van der Waals surface area contributed by atoms with Gasteiger partial charge in [0.05, 0.1) is 24.8 Å². The van der Waals surface area contributed by atoms with Crippen molar-refractivity contribution in [1.82, 2.24) is 19.9 Å². The normalized spacial score (nSPS) is 15.0. The van der Waals surface area contributed by atoms with E-state index in [2.05, 4.69) is 30.5 Å². The molecule has 0 aliphatic carbocycles. The van der Waals surface area contributed by atoms with Crippen LogP contribution < -0.4 is 15.5 Å². The van der Waals surface area contributed by atoms with Crippen LogP contribution in [0.3, 0.4) is 0 Å². The Morgan fingerprint density at radius 1 is 1.18 bits per heavy atom. The first-order valence-electron chi connectivity index (χ1n) is 11.4. The van der Waals surface area contributed by atoms with Gasteiger partial charge in [-0.25, -0.2) is 9.37 Å². The number of carbonyl (C=O) groups is 1. The SMILES string of the molecule is CCOC(=O)C1CCN(c2cc(Nc3cnccn3)nc(NC(C)c3ccc(F)cc3)n2)CC1. The maximum Gasteiger partial charge on any atom is 0.309 e. The fourth-order valence-corrected chi connectivity index (χ4v) is 3.85. The number of anilines is 4. The van der Waals surface area contributed by atoms with Gasteiger partial charge in [-0.2, -0.15) is 9.97 Å². The summed E-state index contributed by atoms with van der Waals surface area (Å²) in [4.78, 5) is 31.9. The number of rotatable bonds is 8. The number of nitrogens with one attached hydrogen (secondary N) is 2. The van der Waals surface area contributed by atoms with Gasteiger partial charge in [0.25, 0.3) is 0 Å². The third-order valence-electron chi connectivity index (χ3n) is 5.69. The minimum absolute atomic E-state index is 0.0914. The number of ether oxygens (including phenoxy) is 1. The van der Waals surface area contributed by atoms with Gasteiger partial charge >= 0.3 is 5.97 Å². The molecule has 34 heavy (non-hydrogen) atoms. The Bertz CT molecular complexity index is 1090. The predicted octanol–water partition coefficient (Wildman–Crippen LogP) is 4.10. The molecular weight excluding hydrogens is 437 g/mol. The van der Waals surface area contributed by atoms with E-state index < -0.39 is 0 Å². The van der Waals surface area contributed by atoms with E-state index in [1.807, 2.05) is 19.9 Å². The smallest absolute Gasteiger partial charge is 0.309 e. The van der Waals surface area contributed by atoms with Gasteiger partial charge in [-0.15, -0.1) is 0 Å². The van der Waals surface area contributed by atoms with E-state index in [0.29, 0.717) is 50.1 Å². The molecule has 0 amide bonds. The molecule has 2 aromatic heterocycles. The molecule has 3 aromatic rings. The van der Waals surface area contributed by atoms with Crippen LogP contribution >= 0.6 is 0 Å². The fourth-order valence-electron chi connectivity index (χ4n) is 3.85. The highest BCUT2D eigenvalue weighted by molar-refractivity contribution is 5.73. The van der Waals surface area contributed by atoms with Crippen molar-refractivity contribution in [2.75, 3.05) is 35.2 Å². The summed E-state index contributed by atoms with van der Waals surface area (Å²) in [5.74, 6) is 1.77. The lowest BCUT2D eigenvalue weighted by Crippen LogP contribution is -2.37. The molecule has 1 aliphatic rings. The fraction of sp³-hybridized carbons (Fsp3) is 0.375. The van der Waals surface area contributed by atoms with Crippen LogP contribution in [0.1, 0.15) is 38.3 Å². The molecule has 0 spiro atoms. The average molecular weight is 466 g/mol. The monoisotopic (exact) mass is 465 g/mol. The molecule has 0 saturated carbocycles. The highest BCUT2D eigenvalue weighted by atomic mass is 19.1. The average Bonchev–Trinajstić information content (AvgIpc) is 2.85. The Hall–Kier alpha value is -3.82. The van der Waals surface area contributed by atoms with E-state index in [4.69, 9.17) is 9.72 Å². The summed E-state index contributed by atoms with van der Waals surface area (Å²) in [5, 5.41) is 6.48. The number of esters is 1. The molecular formula is C24H28FN7O2. The third-order valence-corrected chi connectivity index (χ3v) is 5.69. The second-order valence-electron chi connectivity index (χ2n) is 8.08. The van der Waals surface area contributed by atoms with E-state index in [0.717, 1.165) is 11.4 Å². The maximum absolute atomic E-state index is 13.3. The predicted molar refractivity (Wildman–Crippen MR) is 127 cm³/mol. The molecule has 1 saturated heterocycles. The Kier molecular flexibility index (Phi) is 7.46. The number of hydrogen-bond acceptors (Lipinski definition) is 9. The Morgan fingerprint density at radius 2 is 1.94 bits per heavy atom. The number of nitrogens with zero attached hydrogens (tertiary/aromatic N) is 5. The molecule has 10 heteroatoms. The van der Waals surface area contributed by atoms with Gasteiger partial charge in [0, 0.05) is 31.5 Å². The van der Waals surface area contributed by atoms with Crippen LogP contribution in [0, 0.1) is 11.7 Å². The molecule has 3 heterocycles. The molecule has 1 aromatic carbocycles. The summed E-state index contributed by atoms with van der Waals surface area (Å²) < 4.78 is 18.5. The van der Waals surface area contributed by atoms with Gasteiger partial charge < -0.3 is 20.3 Å². The van der Waals surface area contributed by atoms with Crippen LogP contribution in [0.4, 0.5) is 27.8 Å². The van der Waals surface area contributed by atoms with Gasteiger partial charge in [0.1, 0.15) is 23.3 Å². The van der Waals surface area contributed by atoms with Crippen molar-refractivity contribution in [2.45, 2.75) is 32.7 Å². The Labute approximate surface area is 197 Å². The number of aromatic nitrogens is 4. The molecule has 1 atom stereocenters. The first-order valence-corrected chi connectivity index (χ1v) is 11.4. The van der Waals surface area contributed by atoms with Gasteiger partial charge in [0.15, 0.2) is 0 Å². The van der Waals surface area contributed by atoms with Gasteiger partial charge in [-0.1, -0.05) is 12.1 Å². The number of halogens is 1. The largest absolute Gasteiger partial charge is 0.466 e. The highest BCUT2D eigenvalue weighted by Crippen LogP contribution is 2.27. The first kappa shape index (κ1) is 23.3. The summed E-state index contributed by atoms with van der Waals surface area (Å²) in [6, 6.07) is 8.03. The molecule has 178 valence electrons. The van der Waals surface area contributed by atoms with Crippen LogP contribution in [0.5, 0.6) is 0 Å². The van der Waals surface area contributed by atoms with E-state index in [9.17, 15) is 9.18 Å². The van der Waals surface area contributed by atoms with Gasteiger partial charge in [-0.3, -0.25) is 9.78 Å². The van der Waals surface area contributed by atoms with Crippen LogP contribution in [-0.2, 0) is 9.53 Å². The first-order chi connectivity index (χ1) is 16.5. The summed E-state index contributed by atoms with van der Waals surface area (Å²) in [6.07, 6.45) is 6.21. The standard InChI is InChI=1S/C24H28FN7O2/c1-3-34-23(33)18-8-12-32(13-9-18)22-14-20(29-21-15-26-10-11-27-21)30-24(31-22)28-16(2)17-4-6-19(25)7-5-17/h4-7,10-11,14-16,18H,3,8-9,12-13H2,1-2H3,(H2,27,28,29,30,31). The number of piperidine rings is 1. The van der Waals surface area contributed by atoms with Crippen molar-refractivity contribution in [3.05, 3.63) is 60.3 Å². The molecule has 1 unspecified atom stereocenters. The second kappa shape index (κ2) is 10.9. The zero-order valence-electron chi connectivity index (χ0n) is 19.2. The van der Waals surface area contributed by atoms with E-state index >= 15 is 0 Å². The van der Waals surface area contributed by atoms with Gasteiger partial charge in [-0.05, 0) is 44.4 Å². The van der Waals surface area contributed by atoms with E-state index in [1.165, 1.54) is 12.1 Å². The van der Waals surface area contributed by atoms with Crippen LogP contribution in [0.2, 0.25) is 0 Å². The molecule has 4 rings (SSSR count). The van der Waals surface area contributed by atoms with Crippen molar-refractivity contribution in [3.63, 3.8) is 0 Å². The van der Waals surface area contributed by atoms with Crippen molar-refractivity contribution in [3.8, 4) is 0 Å². The molecule has 0 radical (unpaired) electrons. The molecule has 1 aliphatic heterocycles. The number of carbonyl (C=O) groups excluding carboxylic acids is 1. The van der Waals surface area contributed by atoms with Crippen LogP contribution in [0.15, 0.2) is 48.9 Å². The second-order valence-corrected chi connectivity index (χ2v) is 8.08. The topological polar surface area (TPSA) is 105 Å². The highest BCUT2D eigenvalue weighted by Gasteiger charge is 2.27. The van der Waals surface area contributed by atoms with Crippen molar-refractivity contribution >= 4 is 29.4 Å². The lowest BCUT2D eigenvalue weighted by atomic mass is 9.97. The third kappa shape index (κ3) is 5.94. The van der Waals surface area contributed by atoms with E-state index in [1.54, 1.807) is 30.7 Å². The summed E-state index contributed by atoms with van der Waals surface area (Å²) in [7, 11) is 0. The lowest BCUT2D eigenvalue weighted by molar-refractivity contribution is -0.148. The Morgan fingerprint density at radius 3 is 2.62 bits per heavy atom. The lowest BCUT2D eigenvalue weighted by Gasteiger charge is -2.32. The maximum atomic E-state index is 13.3. The summed E-state index contributed by atoms with van der Waals surface area (Å²) in [6.45, 7) is 5.53. The van der Waals surface area contributed by atoms with Crippen molar-refractivity contribution < 1.29 is 13.9 Å². The molecule has 9 nitrogen and oxygen atoms in total. The molecule has 0 bridgehead atoms. The van der Waals surface area contributed by atoms with Crippen LogP contribution in [0.25, 0.3) is 0 Å². The van der Waals surface area contributed by atoms with Crippen molar-refractivity contribution in [1.29, 1.82) is 0 Å². The van der Waals surface area contributed by atoms with Crippen LogP contribution in [-0.4, -0.2) is 45.6 Å².